The van der Waals surface area contributed by atoms with Gasteiger partial charge in [0.15, 0.2) is 0 Å². The maximum atomic E-state index is 5.95. The Morgan fingerprint density at radius 2 is 1.38 bits per heavy atom. The van der Waals surface area contributed by atoms with Gasteiger partial charge in [0, 0.05) is 11.4 Å². The first-order valence-corrected chi connectivity index (χ1v) is 7.17. The third-order valence-electron chi connectivity index (χ3n) is 3.46. The fourth-order valence-corrected chi connectivity index (χ4v) is 2.27. The van der Waals surface area contributed by atoms with Crippen LogP contribution in [0.15, 0.2) is 30.3 Å². The average Bonchev–Trinajstić information content (AvgIpc) is 2.45. The lowest BCUT2D eigenvalue weighted by Crippen LogP contribution is -2.05. The minimum atomic E-state index is 0.713. The van der Waals surface area contributed by atoms with E-state index in [-0.39, 0.29) is 0 Å². The molecule has 0 aliphatic carbocycles. The number of rotatable bonds is 2. The molecule has 0 aliphatic rings. The van der Waals surface area contributed by atoms with Crippen LogP contribution in [-0.4, -0.2) is 0 Å². The molecule has 0 fully saturated rings. The monoisotopic (exact) mass is 286 g/mol. The van der Waals surface area contributed by atoms with Crippen molar-refractivity contribution < 1.29 is 0 Å². The number of benzene rings is 2. The van der Waals surface area contributed by atoms with Crippen molar-refractivity contribution in [3.05, 3.63) is 47.0 Å². The quantitative estimate of drug-likeness (QED) is 0.636. The highest BCUT2D eigenvalue weighted by Gasteiger charge is 2.08. The first-order chi connectivity index (χ1) is 9.90. The molecule has 0 aromatic heterocycles. The molecular formula is C17H26N4. The van der Waals surface area contributed by atoms with Gasteiger partial charge in [0.05, 0.1) is 11.4 Å². The van der Waals surface area contributed by atoms with E-state index in [0.717, 1.165) is 29.8 Å². The number of nitrogen functional groups attached to an aromatic ring is 4. The van der Waals surface area contributed by atoms with Crippen LogP contribution in [0.1, 0.15) is 30.5 Å². The zero-order valence-electron chi connectivity index (χ0n) is 13.1. The summed E-state index contributed by atoms with van der Waals surface area (Å²) in [6.45, 7) is 6.26. The topological polar surface area (TPSA) is 104 Å². The Labute approximate surface area is 127 Å². The fraction of sp³-hybridized carbons (Fsp3) is 0.294. The summed E-state index contributed by atoms with van der Waals surface area (Å²) in [5, 5.41) is 0. The second-order valence-corrected chi connectivity index (χ2v) is 5.04. The molecule has 2 rings (SSSR count). The number of nitrogens with two attached hydrogens (primary N) is 4. The molecule has 0 saturated heterocycles. The second-order valence-electron chi connectivity index (χ2n) is 5.04. The fourth-order valence-electron chi connectivity index (χ4n) is 2.27. The zero-order valence-corrected chi connectivity index (χ0v) is 13.1. The first kappa shape index (κ1) is 16.7. The molecule has 8 N–H and O–H groups in total. The Morgan fingerprint density at radius 1 is 0.810 bits per heavy atom. The number of aryl methyl sites for hydroxylation is 2. The van der Waals surface area contributed by atoms with Crippen LogP contribution in [0.4, 0.5) is 22.7 Å². The number of hydrogen-bond acceptors (Lipinski definition) is 4. The molecule has 0 amide bonds. The summed E-state index contributed by atoms with van der Waals surface area (Å²) in [5.41, 5.74) is 29.1. The minimum absolute atomic E-state index is 0.713. The highest BCUT2D eigenvalue weighted by atomic mass is 14.7. The van der Waals surface area contributed by atoms with Crippen molar-refractivity contribution in [2.75, 3.05) is 22.9 Å². The third-order valence-corrected chi connectivity index (χ3v) is 3.46. The van der Waals surface area contributed by atoms with Gasteiger partial charge in [0.1, 0.15) is 0 Å². The Balaban J connectivity index is 0.000000235. The van der Waals surface area contributed by atoms with E-state index in [1.54, 1.807) is 18.2 Å². The maximum Gasteiger partial charge on any atom is 0.0585 e. The van der Waals surface area contributed by atoms with E-state index >= 15 is 0 Å². The van der Waals surface area contributed by atoms with Crippen LogP contribution in [0.2, 0.25) is 0 Å². The highest BCUT2D eigenvalue weighted by Crippen LogP contribution is 2.28. The highest BCUT2D eigenvalue weighted by molar-refractivity contribution is 5.72. The predicted molar refractivity (Wildman–Crippen MR) is 94.0 cm³/mol. The van der Waals surface area contributed by atoms with Gasteiger partial charge in [0.25, 0.3) is 0 Å². The van der Waals surface area contributed by atoms with Gasteiger partial charge in [-0.25, -0.2) is 0 Å². The number of hydrogen-bond donors (Lipinski definition) is 4. The van der Waals surface area contributed by atoms with Crippen LogP contribution < -0.4 is 22.9 Å². The molecule has 4 heteroatoms. The number of anilines is 4. The summed E-state index contributed by atoms with van der Waals surface area (Å²) in [6, 6.07) is 9.29. The van der Waals surface area contributed by atoms with Crippen LogP contribution >= 0.6 is 0 Å². The van der Waals surface area contributed by atoms with E-state index in [0.29, 0.717) is 11.4 Å². The SMILES string of the molecule is CCc1cc(C)c(N)c(N)c1CC.Nc1cccc(N)c1. The lowest BCUT2D eigenvalue weighted by molar-refractivity contribution is 1.04. The van der Waals surface area contributed by atoms with Crippen molar-refractivity contribution in [3.8, 4) is 0 Å². The summed E-state index contributed by atoms with van der Waals surface area (Å²) >= 11 is 0. The van der Waals surface area contributed by atoms with Gasteiger partial charge in [-0.2, -0.15) is 0 Å². The smallest absolute Gasteiger partial charge is 0.0585 e. The Kier molecular flexibility index (Phi) is 5.91. The average molecular weight is 286 g/mol. The molecule has 0 bridgehead atoms. The Morgan fingerprint density at radius 3 is 1.76 bits per heavy atom. The molecular weight excluding hydrogens is 260 g/mol. The summed E-state index contributed by atoms with van der Waals surface area (Å²) in [7, 11) is 0. The van der Waals surface area contributed by atoms with Crippen LogP contribution in [0, 0.1) is 6.92 Å². The minimum Gasteiger partial charge on any atom is -0.399 e. The van der Waals surface area contributed by atoms with Crippen molar-refractivity contribution in [1.29, 1.82) is 0 Å². The molecule has 0 saturated carbocycles. The Bertz CT molecular complexity index is 589. The van der Waals surface area contributed by atoms with E-state index in [1.165, 1.54) is 11.1 Å². The molecule has 4 nitrogen and oxygen atoms in total. The molecule has 0 atom stereocenters. The largest absolute Gasteiger partial charge is 0.399 e. The van der Waals surface area contributed by atoms with Gasteiger partial charge in [0.2, 0.25) is 0 Å². The second kappa shape index (κ2) is 7.43. The van der Waals surface area contributed by atoms with Crippen molar-refractivity contribution in [2.45, 2.75) is 33.6 Å². The first-order valence-electron chi connectivity index (χ1n) is 7.17. The van der Waals surface area contributed by atoms with Crippen molar-refractivity contribution in [2.24, 2.45) is 0 Å². The van der Waals surface area contributed by atoms with E-state index in [1.807, 2.05) is 13.0 Å². The van der Waals surface area contributed by atoms with Crippen LogP contribution in [0.25, 0.3) is 0 Å². The van der Waals surface area contributed by atoms with E-state index in [2.05, 4.69) is 19.9 Å². The maximum absolute atomic E-state index is 5.95. The molecule has 0 unspecified atom stereocenters. The molecule has 2 aromatic carbocycles. The van der Waals surface area contributed by atoms with E-state index < -0.39 is 0 Å². The van der Waals surface area contributed by atoms with Gasteiger partial charge in [-0.1, -0.05) is 26.0 Å². The lowest BCUT2D eigenvalue weighted by atomic mass is 9.97. The van der Waals surface area contributed by atoms with Gasteiger partial charge >= 0.3 is 0 Å². The van der Waals surface area contributed by atoms with Crippen LogP contribution in [0.3, 0.4) is 0 Å². The summed E-state index contributed by atoms with van der Waals surface area (Å²) in [4.78, 5) is 0. The third kappa shape index (κ3) is 4.31. The molecule has 0 spiro atoms. The van der Waals surface area contributed by atoms with Gasteiger partial charge in [-0.3, -0.25) is 0 Å². The molecule has 2 aromatic rings. The normalized spacial score (nSPS) is 9.86. The molecule has 0 radical (unpaired) electrons. The molecule has 114 valence electrons. The molecule has 21 heavy (non-hydrogen) atoms. The predicted octanol–water partition coefficient (Wildman–Crippen LogP) is 3.14. The van der Waals surface area contributed by atoms with Gasteiger partial charge in [-0.05, 0) is 54.7 Å². The summed E-state index contributed by atoms with van der Waals surface area (Å²) in [6.07, 6.45) is 1.98. The van der Waals surface area contributed by atoms with Crippen LogP contribution in [0.5, 0.6) is 0 Å². The van der Waals surface area contributed by atoms with Crippen molar-refractivity contribution >= 4 is 22.7 Å². The summed E-state index contributed by atoms with van der Waals surface area (Å²) in [5.74, 6) is 0. The van der Waals surface area contributed by atoms with Crippen LogP contribution in [-0.2, 0) is 12.8 Å². The van der Waals surface area contributed by atoms with Gasteiger partial charge < -0.3 is 22.9 Å². The molecule has 0 aliphatic heterocycles. The molecule has 0 heterocycles. The van der Waals surface area contributed by atoms with E-state index in [4.69, 9.17) is 22.9 Å². The van der Waals surface area contributed by atoms with Crippen molar-refractivity contribution in [3.63, 3.8) is 0 Å². The van der Waals surface area contributed by atoms with E-state index in [9.17, 15) is 0 Å². The van der Waals surface area contributed by atoms with Gasteiger partial charge in [-0.15, -0.1) is 0 Å². The van der Waals surface area contributed by atoms with Crippen molar-refractivity contribution in [1.82, 2.24) is 0 Å². The lowest BCUT2D eigenvalue weighted by Gasteiger charge is -2.14. The summed E-state index contributed by atoms with van der Waals surface area (Å²) < 4.78 is 0. The Hall–Kier alpha value is -2.36. The zero-order chi connectivity index (χ0) is 16.0. The standard InChI is InChI=1S/C11H18N2.C6H8N2/c1-4-8-6-7(3)10(12)11(13)9(8)5-2;7-5-2-1-3-6(8)4-5/h6H,4-5,12-13H2,1-3H3;1-4H,7-8H2.